The first-order valence-electron chi connectivity index (χ1n) is 6.61. The van der Waals surface area contributed by atoms with Crippen molar-refractivity contribution in [2.45, 2.75) is 58.0 Å². The van der Waals surface area contributed by atoms with Gasteiger partial charge in [0.05, 0.1) is 0 Å². The lowest BCUT2D eigenvalue weighted by Gasteiger charge is -2.51. The van der Waals surface area contributed by atoms with Crippen LogP contribution in [0, 0.1) is 11.8 Å². The molecule has 1 rings (SSSR count). The molecule has 0 aliphatic heterocycles. The predicted molar refractivity (Wildman–Crippen MR) is 68.3 cm³/mol. The fraction of sp³-hybridized carbons (Fsp3) is 1.00. The van der Waals surface area contributed by atoms with Crippen LogP contribution in [0.4, 0.5) is 0 Å². The SMILES string of the molecule is CC(CCCO)NC1(CN)CC(C(C)C)C1. The molecule has 3 nitrogen and oxygen atoms in total. The van der Waals surface area contributed by atoms with Crippen molar-refractivity contribution in [2.24, 2.45) is 17.6 Å². The molecule has 1 aliphatic carbocycles. The Kier molecular flexibility index (Phi) is 5.22. The van der Waals surface area contributed by atoms with Gasteiger partial charge in [0.1, 0.15) is 0 Å². The maximum atomic E-state index is 8.80. The summed E-state index contributed by atoms with van der Waals surface area (Å²) in [5.74, 6) is 1.61. The molecule has 0 saturated heterocycles. The Balaban J connectivity index is 2.33. The molecule has 0 aromatic carbocycles. The Morgan fingerprint density at radius 3 is 2.44 bits per heavy atom. The average molecular weight is 228 g/mol. The van der Waals surface area contributed by atoms with Crippen LogP contribution in [0.2, 0.25) is 0 Å². The van der Waals surface area contributed by atoms with E-state index >= 15 is 0 Å². The minimum Gasteiger partial charge on any atom is -0.396 e. The fourth-order valence-electron chi connectivity index (χ4n) is 2.75. The first kappa shape index (κ1) is 13.9. The van der Waals surface area contributed by atoms with Crippen LogP contribution in [-0.2, 0) is 0 Å². The molecule has 1 atom stereocenters. The predicted octanol–water partition coefficient (Wildman–Crippen LogP) is 1.50. The van der Waals surface area contributed by atoms with E-state index in [0.717, 1.165) is 31.2 Å². The normalized spacial score (nSPS) is 31.5. The maximum absolute atomic E-state index is 8.80. The summed E-state index contributed by atoms with van der Waals surface area (Å²) in [5.41, 5.74) is 6.08. The summed E-state index contributed by atoms with van der Waals surface area (Å²) in [5, 5.41) is 12.5. The summed E-state index contributed by atoms with van der Waals surface area (Å²) in [6, 6.07) is 0.462. The van der Waals surface area contributed by atoms with E-state index in [-0.39, 0.29) is 12.1 Å². The maximum Gasteiger partial charge on any atom is 0.0431 e. The molecule has 0 bridgehead atoms. The lowest BCUT2D eigenvalue weighted by atomic mass is 9.63. The molecule has 0 amide bonds. The van der Waals surface area contributed by atoms with E-state index in [2.05, 4.69) is 26.1 Å². The van der Waals surface area contributed by atoms with Crippen LogP contribution in [0.1, 0.15) is 46.5 Å². The van der Waals surface area contributed by atoms with E-state index in [9.17, 15) is 0 Å². The Hall–Kier alpha value is -0.120. The summed E-state index contributed by atoms with van der Waals surface area (Å²) in [7, 11) is 0. The van der Waals surface area contributed by atoms with Crippen molar-refractivity contribution < 1.29 is 5.11 Å². The average Bonchev–Trinajstić information content (AvgIpc) is 2.19. The van der Waals surface area contributed by atoms with Crippen LogP contribution in [0.25, 0.3) is 0 Å². The number of hydrogen-bond donors (Lipinski definition) is 3. The first-order chi connectivity index (χ1) is 7.53. The van der Waals surface area contributed by atoms with Gasteiger partial charge >= 0.3 is 0 Å². The van der Waals surface area contributed by atoms with Crippen LogP contribution in [0.5, 0.6) is 0 Å². The second-order valence-corrected chi connectivity index (χ2v) is 5.81. The third kappa shape index (κ3) is 3.44. The molecule has 4 N–H and O–H groups in total. The van der Waals surface area contributed by atoms with Crippen molar-refractivity contribution in [2.75, 3.05) is 13.2 Å². The molecule has 16 heavy (non-hydrogen) atoms. The lowest BCUT2D eigenvalue weighted by molar-refractivity contribution is 0.0655. The molecule has 1 fully saturated rings. The van der Waals surface area contributed by atoms with Crippen molar-refractivity contribution in [1.82, 2.24) is 5.32 Å². The number of hydrogen-bond acceptors (Lipinski definition) is 3. The van der Waals surface area contributed by atoms with E-state index in [1.807, 2.05) is 0 Å². The monoisotopic (exact) mass is 228 g/mol. The van der Waals surface area contributed by atoms with Crippen LogP contribution >= 0.6 is 0 Å². The van der Waals surface area contributed by atoms with Gasteiger partial charge in [-0.3, -0.25) is 0 Å². The number of nitrogens with one attached hydrogen (secondary N) is 1. The highest BCUT2D eigenvalue weighted by Crippen LogP contribution is 2.41. The molecular formula is C13H28N2O. The molecule has 0 aromatic rings. The zero-order valence-corrected chi connectivity index (χ0v) is 11.0. The zero-order chi connectivity index (χ0) is 12.2. The van der Waals surface area contributed by atoms with Gasteiger partial charge in [0.15, 0.2) is 0 Å². The number of aliphatic hydroxyl groups excluding tert-OH is 1. The third-order valence-corrected chi connectivity index (χ3v) is 3.99. The van der Waals surface area contributed by atoms with E-state index in [1.165, 1.54) is 12.8 Å². The molecular weight excluding hydrogens is 200 g/mol. The minimum atomic E-state index is 0.184. The molecule has 0 radical (unpaired) electrons. The van der Waals surface area contributed by atoms with Crippen LogP contribution in [0.3, 0.4) is 0 Å². The molecule has 3 heteroatoms. The molecule has 0 heterocycles. The Morgan fingerprint density at radius 2 is 2.00 bits per heavy atom. The summed E-state index contributed by atoms with van der Waals surface area (Å²) in [6.07, 6.45) is 4.34. The lowest BCUT2D eigenvalue weighted by Crippen LogP contribution is -2.63. The largest absolute Gasteiger partial charge is 0.396 e. The standard InChI is InChI=1S/C13H28N2O/c1-10(2)12-7-13(8-12,9-14)15-11(3)5-4-6-16/h10-12,15-16H,4-9,14H2,1-3H3. The smallest absolute Gasteiger partial charge is 0.0431 e. The molecule has 0 spiro atoms. The summed E-state index contributed by atoms with van der Waals surface area (Å²) >= 11 is 0. The topological polar surface area (TPSA) is 58.3 Å². The van der Waals surface area contributed by atoms with Gasteiger partial charge in [-0.05, 0) is 44.4 Å². The van der Waals surface area contributed by atoms with Gasteiger partial charge in [-0.15, -0.1) is 0 Å². The summed E-state index contributed by atoms with van der Waals surface area (Å²) in [6.45, 7) is 7.80. The zero-order valence-electron chi connectivity index (χ0n) is 11.0. The Bertz CT molecular complexity index is 200. The quantitative estimate of drug-likeness (QED) is 0.619. The van der Waals surface area contributed by atoms with Gasteiger partial charge in [0.25, 0.3) is 0 Å². The second-order valence-electron chi connectivity index (χ2n) is 5.81. The molecule has 0 aromatic heterocycles. The van der Waals surface area contributed by atoms with Gasteiger partial charge < -0.3 is 16.2 Å². The number of rotatable bonds is 7. The first-order valence-corrected chi connectivity index (χ1v) is 6.61. The van der Waals surface area contributed by atoms with E-state index in [1.54, 1.807) is 0 Å². The van der Waals surface area contributed by atoms with E-state index in [4.69, 9.17) is 10.8 Å². The van der Waals surface area contributed by atoms with E-state index < -0.39 is 0 Å². The van der Waals surface area contributed by atoms with Crippen LogP contribution < -0.4 is 11.1 Å². The van der Waals surface area contributed by atoms with Gasteiger partial charge in [0.2, 0.25) is 0 Å². The number of aliphatic hydroxyl groups is 1. The van der Waals surface area contributed by atoms with Crippen molar-refractivity contribution >= 4 is 0 Å². The Morgan fingerprint density at radius 1 is 1.38 bits per heavy atom. The molecule has 1 aliphatic rings. The summed E-state index contributed by atoms with van der Waals surface area (Å²) < 4.78 is 0. The Labute approximate surface area is 99.8 Å². The molecule has 1 unspecified atom stereocenters. The van der Waals surface area contributed by atoms with Crippen molar-refractivity contribution in [3.05, 3.63) is 0 Å². The van der Waals surface area contributed by atoms with E-state index in [0.29, 0.717) is 6.04 Å². The van der Waals surface area contributed by atoms with Crippen LogP contribution in [0.15, 0.2) is 0 Å². The van der Waals surface area contributed by atoms with Crippen molar-refractivity contribution in [1.29, 1.82) is 0 Å². The highest BCUT2D eigenvalue weighted by molar-refractivity contribution is 5.03. The van der Waals surface area contributed by atoms with Crippen molar-refractivity contribution in [3.8, 4) is 0 Å². The van der Waals surface area contributed by atoms with Crippen LogP contribution in [-0.4, -0.2) is 29.8 Å². The molecule has 1 saturated carbocycles. The second kappa shape index (κ2) is 5.99. The fourth-order valence-corrected chi connectivity index (χ4v) is 2.75. The summed E-state index contributed by atoms with van der Waals surface area (Å²) in [4.78, 5) is 0. The van der Waals surface area contributed by atoms with Gasteiger partial charge in [-0.1, -0.05) is 13.8 Å². The van der Waals surface area contributed by atoms with Gasteiger partial charge in [0, 0.05) is 24.7 Å². The highest BCUT2D eigenvalue weighted by atomic mass is 16.2. The highest BCUT2D eigenvalue weighted by Gasteiger charge is 2.44. The molecule has 96 valence electrons. The van der Waals surface area contributed by atoms with Crippen molar-refractivity contribution in [3.63, 3.8) is 0 Å². The van der Waals surface area contributed by atoms with Gasteiger partial charge in [-0.25, -0.2) is 0 Å². The third-order valence-electron chi connectivity index (χ3n) is 3.99. The minimum absolute atomic E-state index is 0.184. The van der Waals surface area contributed by atoms with Gasteiger partial charge in [-0.2, -0.15) is 0 Å². The number of nitrogens with two attached hydrogens (primary N) is 1.